The standard InChI is InChI=1S/C15H21NO3/c1-18-14-7-4-5-12(9-14)15(17)11-16-8-3-2-6-13(16)10-19-15/h4-5,7,9,13,17H,2-3,6,8,10-11H2,1H3. The Morgan fingerprint density at radius 1 is 1.42 bits per heavy atom. The fourth-order valence-electron chi connectivity index (χ4n) is 3.05. The highest BCUT2D eigenvalue weighted by atomic mass is 16.6. The number of aliphatic hydroxyl groups is 1. The molecule has 0 spiro atoms. The minimum atomic E-state index is -1.21. The van der Waals surface area contributed by atoms with Crippen molar-refractivity contribution < 1.29 is 14.6 Å². The minimum absolute atomic E-state index is 0.472. The number of nitrogens with zero attached hydrogens (tertiary/aromatic N) is 1. The van der Waals surface area contributed by atoms with Gasteiger partial charge < -0.3 is 14.6 Å². The fourth-order valence-corrected chi connectivity index (χ4v) is 3.05. The molecule has 0 radical (unpaired) electrons. The molecule has 19 heavy (non-hydrogen) atoms. The first-order chi connectivity index (χ1) is 9.21. The number of piperidine rings is 1. The average molecular weight is 263 g/mol. The molecule has 2 saturated heterocycles. The summed E-state index contributed by atoms with van der Waals surface area (Å²) in [6, 6.07) is 7.98. The Bertz CT molecular complexity index is 451. The predicted octanol–water partition coefficient (Wildman–Crippen LogP) is 1.72. The van der Waals surface area contributed by atoms with Crippen molar-refractivity contribution in [3.63, 3.8) is 0 Å². The van der Waals surface area contributed by atoms with Crippen LogP contribution in [0.1, 0.15) is 24.8 Å². The molecule has 2 aliphatic heterocycles. The Labute approximate surface area is 113 Å². The van der Waals surface area contributed by atoms with E-state index in [2.05, 4.69) is 4.90 Å². The van der Waals surface area contributed by atoms with Gasteiger partial charge >= 0.3 is 0 Å². The summed E-state index contributed by atoms with van der Waals surface area (Å²) in [7, 11) is 1.63. The summed E-state index contributed by atoms with van der Waals surface area (Å²) in [6.45, 7) is 2.21. The van der Waals surface area contributed by atoms with Gasteiger partial charge in [-0.15, -0.1) is 0 Å². The zero-order valence-corrected chi connectivity index (χ0v) is 11.3. The topological polar surface area (TPSA) is 41.9 Å². The smallest absolute Gasteiger partial charge is 0.205 e. The maximum atomic E-state index is 10.8. The van der Waals surface area contributed by atoms with Crippen molar-refractivity contribution in [2.45, 2.75) is 31.1 Å². The van der Waals surface area contributed by atoms with Crippen LogP contribution in [0, 0.1) is 0 Å². The predicted molar refractivity (Wildman–Crippen MR) is 72.1 cm³/mol. The van der Waals surface area contributed by atoms with E-state index in [1.54, 1.807) is 7.11 Å². The van der Waals surface area contributed by atoms with Gasteiger partial charge in [0.25, 0.3) is 0 Å². The molecule has 2 unspecified atom stereocenters. The summed E-state index contributed by atoms with van der Waals surface area (Å²) < 4.78 is 11.0. The van der Waals surface area contributed by atoms with Crippen molar-refractivity contribution >= 4 is 0 Å². The van der Waals surface area contributed by atoms with Crippen molar-refractivity contribution in [3.05, 3.63) is 29.8 Å². The van der Waals surface area contributed by atoms with E-state index in [1.165, 1.54) is 19.3 Å². The maximum Gasteiger partial charge on any atom is 0.205 e. The first-order valence-corrected chi connectivity index (χ1v) is 6.96. The van der Waals surface area contributed by atoms with Gasteiger partial charge in [0, 0.05) is 11.6 Å². The van der Waals surface area contributed by atoms with Crippen LogP contribution in [0.25, 0.3) is 0 Å². The number of hydrogen-bond acceptors (Lipinski definition) is 4. The van der Waals surface area contributed by atoms with E-state index >= 15 is 0 Å². The molecule has 2 heterocycles. The fraction of sp³-hybridized carbons (Fsp3) is 0.600. The first kappa shape index (κ1) is 12.9. The van der Waals surface area contributed by atoms with Crippen LogP contribution in [-0.4, -0.2) is 42.9 Å². The lowest BCUT2D eigenvalue weighted by molar-refractivity contribution is -0.264. The van der Waals surface area contributed by atoms with Crippen molar-refractivity contribution in [2.24, 2.45) is 0 Å². The van der Waals surface area contributed by atoms with Gasteiger partial charge in [0.15, 0.2) is 0 Å². The van der Waals surface area contributed by atoms with E-state index in [1.807, 2.05) is 24.3 Å². The molecule has 4 nitrogen and oxygen atoms in total. The van der Waals surface area contributed by atoms with Crippen LogP contribution in [0.15, 0.2) is 24.3 Å². The number of fused-ring (bicyclic) bond motifs is 1. The van der Waals surface area contributed by atoms with Crippen LogP contribution in [0.2, 0.25) is 0 Å². The summed E-state index contributed by atoms with van der Waals surface area (Å²) in [5.41, 5.74) is 0.774. The molecule has 104 valence electrons. The van der Waals surface area contributed by atoms with E-state index in [0.717, 1.165) is 17.9 Å². The second-order valence-electron chi connectivity index (χ2n) is 5.45. The van der Waals surface area contributed by atoms with E-state index in [4.69, 9.17) is 9.47 Å². The van der Waals surface area contributed by atoms with Crippen LogP contribution in [0.5, 0.6) is 5.75 Å². The van der Waals surface area contributed by atoms with E-state index in [-0.39, 0.29) is 0 Å². The molecule has 0 aromatic heterocycles. The number of ether oxygens (including phenoxy) is 2. The van der Waals surface area contributed by atoms with Crippen molar-refractivity contribution in [1.82, 2.24) is 4.90 Å². The molecule has 2 atom stereocenters. The van der Waals surface area contributed by atoms with Gasteiger partial charge in [-0.3, -0.25) is 4.90 Å². The number of benzene rings is 1. The molecular formula is C15H21NO3. The Hall–Kier alpha value is -1.10. The highest BCUT2D eigenvalue weighted by molar-refractivity contribution is 5.31. The quantitative estimate of drug-likeness (QED) is 0.882. The lowest BCUT2D eigenvalue weighted by Crippen LogP contribution is -2.56. The molecule has 4 heteroatoms. The van der Waals surface area contributed by atoms with Gasteiger partial charge in [0.1, 0.15) is 5.75 Å². The molecule has 0 aliphatic carbocycles. The highest BCUT2D eigenvalue weighted by Crippen LogP contribution is 2.33. The normalized spacial score (nSPS) is 31.8. The van der Waals surface area contributed by atoms with E-state index < -0.39 is 5.79 Å². The molecule has 2 fully saturated rings. The SMILES string of the molecule is COc1cccc(C2(O)CN3CCCCC3CO2)c1. The molecule has 1 N–H and O–H groups in total. The van der Waals surface area contributed by atoms with Gasteiger partial charge in [-0.05, 0) is 31.5 Å². The van der Waals surface area contributed by atoms with Crippen molar-refractivity contribution in [1.29, 1.82) is 0 Å². The number of methoxy groups -OCH3 is 1. The van der Waals surface area contributed by atoms with Crippen LogP contribution in [0.3, 0.4) is 0 Å². The summed E-state index contributed by atoms with van der Waals surface area (Å²) in [6.07, 6.45) is 3.65. The van der Waals surface area contributed by atoms with Crippen LogP contribution < -0.4 is 4.74 Å². The second kappa shape index (κ2) is 5.12. The van der Waals surface area contributed by atoms with Gasteiger partial charge in [-0.2, -0.15) is 0 Å². The van der Waals surface area contributed by atoms with Gasteiger partial charge in [0.05, 0.1) is 20.3 Å². The highest BCUT2D eigenvalue weighted by Gasteiger charge is 2.41. The third-order valence-electron chi connectivity index (χ3n) is 4.20. The van der Waals surface area contributed by atoms with Crippen molar-refractivity contribution in [3.8, 4) is 5.75 Å². The Kier molecular flexibility index (Phi) is 3.48. The zero-order valence-electron chi connectivity index (χ0n) is 11.3. The lowest BCUT2D eigenvalue weighted by atomic mass is 9.96. The minimum Gasteiger partial charge on any atom is -0.497 e. The number of rotatable bonds is 2. The zero-order chi connectivity index (χ0) is 13.3. The van der Waals surface area contributed by atoms with Crippen LogP contribution in [0.4, 0.5) is 0 Å². The molecule has 0 bridgehead atoms. The molecule has 3 rings (SSSR count). The third-order valence-corrected chi connectivity index (χ3v) is 4.20. The van der Waals surface area contributed by atoms with Crippen LogP contribution in [-0.2, 0) is 10.5 Å². The van der Waals surface area contributed by atoms with Gasteiger partial charge in [0.2, 0.25) is 5.79 Å². The largest absolute Gasteiger partial charge is 0.497 e. The molecule has 1 aromatic carbocycles. The molecular weight excluding hydrogens is 242 g/mol. The first-order valence-electron chi connectivity index (χ1n) is 6.96. The Morgan fingerprint density at radius 2 is 2.32 bits per heavy atom. The van der Waals surface area contributed by atoms with E-state index in [9.17, 15) is 5.11 Å². The monoisotopic (exact) mass is 263 g/mol. The van der Waals surface area contributed by atoms with E-state index in [0.29, 0.717) is 19.2 Å². The number of morpholine rings is 1. The average Bonchev–Trinajstić information content (AvgIpc) is 2.47. The van der Waals surface area contributed by atoms with Crippen LogP contribution >= 0.6 is 0 Å². The Morgan fingerprint density at radius 3 is 3.16 bits per heavy atom. The summed E-state index contributed by atoms with van der Waals surface area (Å²) in [5, 5.41) is 10.8. The van der Waals surface area contributed by atoms with Gasteiger partial charge in [-0.25, -0.2) is 0 Å². The summed E-state index contributed by atoms with van der Waals surface area (Å²) >= 11 is 0. The Balaban J connectivity index is 1.82. The molecule has 2 aliphatic rings. The molecule has 1 aromatic rings. The number of hydrogen-bond donors (Lipinski definition) is 1. The molecule has 0 amide bonds. The third kappa shape index (κ3) is 2.48. The molecule has 0 saturated carbocycles. The summed E-state index contributed by atoms with van der Waals surface area (Å²) in [5.74, 6) is -0.460. The van der Waals surface area contributed by atoms with Gasteiger partial charge in [-0.1, -0.05) is 18.6 Å². The summed E-state index contributed by atoms with van der Waals surface area (Å²) in [4.78, 5) is 2.35. The second-order valence-corrected chi connectivity index (χ2v) is 5.45. The maximum absolute atomic E-state index is 10.8. The van der Waals surface area contributed by atoms with Crippen molar-refractivity contribution in [2.75, 3.05) is 26.8 Å². The lowest BCUT2D eigenvalue weighted by Gasteiger charge is -2.46.